The first kappa shape index (κ1) is 17.7. The summed E-state index contributed by atoms with van der Waals surface area (Å²) in [4.78, 5) is 12.6. The molecule has 1 aliphatic rings. The van der Waals surface area contributed by atoms with Gasteiger partial charge in [0.05, 0.1) is 29.7 Å². The summed E-state index contributed by atoms with van der Waals surface area (Å²) < 4.78 is 31.0. The number of sulfonamides is 1. The number of nitrogens with one attached hydrogen (secondary N) is 2. The smallest absolute Gasteiger partial charge is 0.230 e. The Morgan fingerprint density at radius 1 is 1.30 bits per heavy atom. The van der Waals surface area contributed by atoms with Crippen LogP contribution in [0.2, 0.25) is 0 Å². The molecule has 0 radical (unpaired) electrons. The Hall–Kier alpha value is -1.60. The van der Waals surface area contributed by atoms with Gasteiger partial charge in [-0.25, -0.2) is 8.42 Å². The summed E-state index contributed by atoms with van der Waals surface area (Å²) in [5.41, 5.74) is 1.77. The maximum absolute atomic E-state index is 12.6. The lowest BCUT2D eigenvalue weighted by Crippen LogP contribution is -2.33. The lowest BCUT2D eigenvalue weighted by molar-refractivity contribution is -0.122. The molecule has 1 heterocycles. The molecule has 23 heavy (non-hydrogen) atoms. The average molecular weight is 340 g/mol. The van der Waals surface area contributed by atoms with Crippen molar-refractivity contribution in [3.8, 4) is 0 Å². The van der Waals surface area contributed by atoms with Crippen LogP contribution in [-0.4, -0.2) is 33.3 Å². The summed E-state index contributed by atoms with van der Waals surface area (Å²) in [6.45, 7) is 6.51. The minimum Gasteiger partial charge on any atom is -0.377 e. The first-order valence-corrected chi connectivity index (χ1v) is 9.57. The van der Waals surface area contributed by atoms with Crippen LogP contribution >= 0.6 is 0 Å². The quantitative estimate of drug-likeness (QED) is 0.862. The van der Waals surface area contributed by atoms with Crippen molar-refractivity contribution in [3.05, 3.63) is 23.8 Å². The van der Waals surface area contributed by atoms with Crippen molar-refractivity contribution in [2.45, 2.75) is 33.3 Å². The molecule has 128 valence electrons. The van der Waals surface area contributed by atoms with Gasteiger partial charge in [0.1, 0.15) is 0 Å². The number of ether oxygens (including phenoxy) is 1. The first-order chi connectivity index (χ1) is 10.7. The highest BCUT2D eigenvalue weighted by molar-refractivity contribution is 7.92. The van der Waals surface area contributed by atoms with Crippen molar-refractivity contribution in [2.75, 3.05) is 22.9 Å². The van der Waals surface area contributed by atoms with Crippen LogP contribution in [0.5, 0.6) is 0 Å². The van der Waals surface area contributed by atoms with E-state index in [1.165, 1.54) is 0 Å². The number of benzene rings is 1. The first-order valence-electron chi connectivity index (χ1n) is 7.68. The highest BCUT2D eigenvalue weighted by Gasteiger charge is 2.36. The van der Waals surface area contributed by atoms with Gasteiger partial charge in [0.15, 0.2) is 0 Å². The van der Waals surface area contributed by atoms with E-state index in [1.807, 2.05) is 20.8 Å². The Labute approximate surface area is 137 Å². The molecule has 2 rings (SSSR count). The van der Waals surface area contributed by atoms with E-state index in [4.69, 9.17) is 4.74 Å². The van der Waals surface area contributed by atoms with Gasteiger partial charge in [-0.05, 0) is 37.0 Å². The molecule has 0 unspecified atom stereocenters. The molecule has 1 aliphatic heterocycles. The second-order valence-electron chi connectivity index (χ2n) is 6.39. The minimum atomic E-state index is -3.42. The van der Waals surface area contributed by atoms with Gasteiger partial charge < -0.3 is 10.1 Å². The fourth-order valence-corrected chi connectivity index (χ4v) is 3.40. The van der Waals surface area contributed by atoms with Crippen molar-refractivity contribution >= 4 is 27.3 Å². The van der Waals surface area contributed by atoms with E-state index >= 15 is 0 Å². The van der Waals surface area contributed by atoms with Gasteiger partial charge in [-0.3, -0.25) is 9.52 Å². The lowest BCUT2D eigenvalue weighted by Gasteiger charge is -2.22. The fourth-order valence-electron chi connectivity index (χ4n) is 2.82. The molecule has 0 aromatic heterocycles. The van der Waals surface area contributed by atoms with Crippen molar-refractivity contribution in [1.82, 2.24) is 0 Å². The number of anilines is 2. The summed E-state index contributed by atoms with van der Waals surface area (Å²) in [6.07, 6.45) is 1.65. The summed E-state index contributed by atoms with van der Waals surface area (Å²) >= 11 is 0. The number of carbonyl (C=O) groups excluding carboxylic acids is 1. The van der Waals surface area contributed by atoms with Gasteiger partial charge >= 0.3 is 0 Å². The predicted octanol–water partition coefficient (Wildman–Crippen LogP) is 2.37. The third kappa shape index (κ3) is 4.68. The molecule has 1 aromatic carbocycles. The molecule has 7 heteroatoms. The van der Waals surface area contributed by atoms with Crippen LogP contribution in [0.4, 0.5) is 11.4 Å². The van der Waals surface area contributed by atoms with Crippen molar-refractivity contribution in [3.63, 3.8) is 0 Å². The van der Waals surface area contributed by atoms with Gasteiger partial charge in [-0.1, -0.05) is 19.9 Å². The minimum absolute atomic E-state index is 0.105. The summed E-state index contributed by atoms with van der Waals surface area (Å²) in [6, 6.07) is 5.20. The van der Waals surface area contributed by atoms with Gasteiger partial charge in [0.2, 0.25) is 15.9 Å². The Balaban J connectivity index is 2.22. The normalized spacial score (nSPS) is 21.4. The van der Waals surface area contributed by atoms with Crippen molar-refractivity contribution < 1.29 is 17.9 Å². The van der Waals surface area contributed by atoms with E-state index < -0.39 is 10.0 Å². The van der Waals surface area contributed by atoms with Crippen LogP contribution in [-0.2, 0) is 19.6 Å². The molecule has 0 saturated carbocycles. The summed E-state index contributed by atoms with van der Waals surface area (Å²) in [5.74, 6) is -0.107. The van der Waals surface area contributed by atoms with Crippen molar-refractivity contribution in [2.24, 2.45) is 11.8 Å². The summed E-state index contributed by atoms with van der Waals surface area (Å²) in [5, 5.41) is 2.85. The molecule has 6 nitrogen and oxygen atoms in total. The van der Waals surface area contributed by atoms with E-state index in [0.717, 1.165) is 11.8 Å². The highest BCUT2D eigenvalue weighted by atomic mass is 32.2. The second-order valence-corrected chi connectivity index (χ2v) is 8.14. The number of amides is 1. The zero-order chi connectivity index (χ0) is 17.2. The molecule has 1 saturated heterocycles. The van der Waals surface area contributed by atoms with E-state index in [9.17, 15) is 13.2 Å². The zero-order valence-corrected chi connectivity index (χ0v) is 14.7. The molecule has 1 amide bonds. The Kier molecular flexibility index (Phi) is 5.31. The molecule has 0 spiro atoms. The van der Waals surface area contributed by atoms with E-state index in [2.05, 4.69) is 10.0 Å². The monoisotopic (exact) mass is 340 g/mol. The van der Waals surface area contributed by atoms with Crippen LogP contribution in [0, 0.1) is 18.8 Å². The van der Waals surface area contributed by atoms with Crippen LogP contribution in [0.15, 0.2) is 18.2 Å². The van der Waals surface area contributed by atoms with E-state index in [0.29, 0.717) is 24.4 Å². The number of rotatable bonds is 5. The highest BCUT2D eigenvalue weighted by Crippen LogP contribution is 2.30. The van der Waals surface area contributed by atoms with Gasteiger partial charge in [0.25, 0.3) is 0 Å². The molecule has 1 aromatic rings. The van der Waals surface area contributed by atoms with Crippen LogP contribution in [0.3, 0.4) is 0 Å². The van der Waals surface area contributed by atoms with Crippen molar-refractivity contribution in [1.29, 1.82) is 0 Å². The third-order valence-corrected chi connectivity index (χ3v) is 4.45. The van der Waals surface area contributed by atoms with Crippen LogP contribution in [0.1, 0.15) is 25.8 Å². The Bertz CT molecular complexity index is 685. The lowest BCUT2D eigenvalue weighted by atomic mass is 9.92. The Morgan fingerprint density at radius 3 is 2.61 bits per heavy atom. The van der Waals surface area contributed by atoms with E-state index in [1.54, 1.807) is 18.2 Å². The zero-order valence-electron chi connectivity index (χ0n) is 13.9. The molecular formula is C16H24N2O4S. The fraction of sp³-hybridized carbons (Fsp3) is 0.562. The number of carbonyl (C=O) groups is 1. The number of hydrogen-bond donors (Lipinski definition) is 2. The largest absolute Gasteiger partial charge is 0.377 e. The van der Waals surface area contributed by atoms with Gasteiger partial charge in [0, 0.05) is 6.61 Å². The number of aryl methyl sites for hydroxylation is 1. The standard InChI is InChI=1S/C16H24N2O4S/c1-10(2)15-12(7-8-22-15)16(19)17-14-9-11(3)5-6-13(14)18-23(4,20)21/h5-6,9-10,12,15,18H,7-8H2,1-4H3,(H,17,19)/t12-,15+/m1/s1. The molecule has 2 N–H and O–H groups in total. The second kappa shape index (κ2) is 6.88. The third-order valence-electron chi connectivity index (χ3n) is 3.86. The van der Waals surface area contributed by atoms with E-state index in [-0.39, 0.29) is 23.8 Å². The number of hydrogen-bond acceptors (Lipinski definition) is 4. The maximum Gasteiger partial charge on any atom is 0.230 e. The maximum atomic E-state index is 12.6. The Morgan fingerprint density at radius 2 is 2.00 bits per heavy atom. The average Bonchev–Trinajstić information content (AvgIpc) is 2.90. The van der Waals surface area contributed by atoms with Gasteiger partial charge in [-0.15, -0.1) is 0 Å². The predicted molar refractivity (Wildman–Crippen MR) is 91.0 cm³/mol. The van der Waals surface area contributed by atoms with Crippen LogP contribution in [0.25, 0.3) is 0 Å². The molecular weight excluding hydrogens is 316 g/mol. The molecule has 2 atom stereocenters. The molecule has 1 fully saturated rings. The SMILES string of the molecule is Cc1ccc(NS(C)(=O)=O)c(NC(=O)[C@@H]2CCO[C@H]2C(C)C)c1. The van der Waals surface area contributed by atoms with Crippen LogP contribution < -0.4 is 10.0 Å². The van der Waals surface area contributed by atoms with Gasteiger partial charge in [-0.2, -0.15) is 0 Å². The topological polar surface area (TPSA) is 84.5 Å². The summed E-state index contributed by atoms with van der Waals surface area (Å²) in [7, 11) is -3.42. The molecule has 0 aliphatic carbocycles. The molecule has 0 bridgehead atoms.